The number of aromatic nitrogens is 5. The Bertz CT molecular complexity index is 971. The fourth-order valence-corrected chi connectivity index (χ4v) is 3.39. The van der Waals surface area contributed by atoms with Crippen LogP contribution in [0.25, 0.3) is 5.82 Å². The Hall–Kier alpha value is -3.20. The molecule has 4 rings (SSSR count). The third-order valence-corrected chi connectivity index (χ3v) is 4.79. The summed E-state index contributed by atoms with van der Waals surface area (Å²) >= 11 is 0. The third-order valence-electron chi connectivity index (χ3n) is 4.79. The van der Waals surface area contributed by atoms with Gasteiger partial charge in [0.25, 0.3) is 0 Å². The molecule has 0 bridgehead atoms. The molecule has 2 amide bonds. The normalized spacial score (nSPS) is 16.1. The van der Waals surface area contributed by atoms with E-state index in [-0.39, 0.29) is 12.1 Å². The molecular weight excluding hydrogens is 370 g/mol. The zero-order valence-electron chi connectivity index (χ0n) is 16.6. The van der Waals surface area contributed by atoms with Gasteiger partial charge in [-0.15, -0.1) is 0 Å². The summed E-state index contributed by atoms with van der Waals surface area (Å²) in [4.78, 5) is 16.6. The minimum Gasteiger partial charge on any atom is -0.376 e. The summed E-state index contributed by atoms with van der Waals surface area (Å²) in [5.74, 6) is 0.752. The average Bonchev–Trinajstić information content (AvgIpc) is 3.44. The van der Waals surface area contributed by atoms with Gasteiger partial charge in [-0.25, -0.2) is 14.5 Å². The van der Waals surface area contributed by atoms with E-state index in [0.717, 1.165) is 42.2 Å². The zero-order valence-corrected chi connectivity index (χ0v) is 16.6. The molecule has 0 aliphatic carbocycles. The van der Waals surface area contributed by atoms with Crippen LogP contribution in [-0.2, 0) is 17.8 Å². The average molecular weight is 395 g/mol. The van der Waals surface area contributed by atoms with Gasteiger partial charge >= 0.3 is 6.03 Å². The fraction of sp³-hybridized carbons (Fsp3) is 0.400. The Morgan fingerprint density at radius 1 is 1.31 bits per heavy atom. The van der Waals surface area contributed by atoms with Crippen LogP contribution in [0, 0.1) is 13.8 Å². The number of aryl methyl sites for hydroxylation is 2. The van der Waals surface area contributed by atoms with Crippen molar-refractivity contribution in [2.75, 3.05) is 11.9 Å². The standard InChI is InChI=1S/C20H25N7O2/c1-14-8-15(2)27(25-14)19-6-5-16(9-21-19)10-22-20(28)24-17-11-23-26(12-17)13-18-4-3-7-29-18/h5-6,8-9,11-12,18H,3-4,7,10,13H2,1-2H3,(H2,22,24,28). The highest BCUT2D eigenvalue weighted by molar-refractivity contribution is 5.88. The van der Waals surface area contributed by atoms with Crippen LogP contribution < -0.4 is 10.6 Å². The maximum absolute atomic E-state index is 12.2. The van der Waals surface area contributed by atoms with Crippen LogP contribution in [0.3, 0.4) is 0 Å². The Balaban J connectivity index is 1.27. The van der Waals surface area contributed by atoms with Crippen LogP contribution in [0.5, 0.6) is 0 Å². The first kappa shape index (κ1) is 19.1. The van der Waals surface area contributed by atoms with E-state index in [1.54, 1.807) is 21.8 Å². The van der Waals surface area contributed by atoms with E-state index in [0.29, 0.717) is 18.8 Å². The summed E-state index contributed by atoms with van der Waals surface area (Å²) in [7, 11) is 0. The first-order chi connectivity index (χ1) is 14.1. The third kappa shape index (κ3) is 4.80. The molecule has 1 fully saturated rings. The van der Waals surface area contributed by atoms with Gasteiger partial charge in [0.05, 0.1) is 30.2 Å². The van der Waals surface area contributed by atoms with E-state index < -0.39 is 0 Å². The van der Waals surface area contributed by atoms with Crippen molar-refractivity contribution in [2.45, 2.75) is 45.9 Å². The summed E-state index contributed by atoms with van der Waals surface area (Å²) in [6.07, 6.45) is 7.55. The van der Waals surface area contributed by atoms with Gasteiger partial charge in [0.1, 0.15) is 0 Å². The lowest BCUT2D eigenvalue weighted by Gasteiger charge is -2.09. The molecule has 1 aliphatic heterocycles. The molecule has 2 N–H and O–H groups in total. The number of hydrogen-bond donors (Lipinski definition) is 2. The molecule has 152 valence electrons. The minimum absolute atomic E-state index is 0.210. The molecule has 3 aromatic heterocycles. The van der Waals surface area contributed by atoms with E-state index in [1.165, 1.54) is 0 Å². The molecule has 1 aliphatic rings. The molecular formula is C20H25N7O2. The number of rotatable bonds is 6. The van der Waals surface area contributed by atoms with Crippen LogP contribution in [0.2, 0.25) is 0 Å². The van der Waals surface area contributed by atoms with Crippen molar-refractivity contribution >= 4 is 11.7 Å². The molecule has 29 heavy (non-hydrogen) atoms. The number of urea groups is 1. The van der Waals surface area contributed by atoms with Gasteiger partial charge < -0.3 is 15.4 Å². The molecule has 1 saturated heterocycles. The second-order valence-corrected chi connectivity index (χ2v) is 7.26. The van der Waals surface area contributed by atoms with Crippen LogP contribution in [0.4, 0.5) is 10.5 Å². The number of carbonyl (C=O) groups is 1. The summed E-state index contributed by atoms with van der Waals surface area (Å²) < 4.78 is 9.21. The lowest BCUT2D eigenvalue weighted by atomic mass is 10.2. The van der Waals surface area contributed by atoms with Crippen LogP contribution in [-0.4, -0.2) is 43.3 Å². The van der Waals surface area contributed by atoms with Crippen molar-refractivity contribution in [3.63, 3.8) is 0 Å². The van der Waals surface area contributed by atoms with Gasteiger partial charge in [-0.3, -0.25) is 4.68 Å². The molecule has 0 radical (unpaired) electrons. The highest BCUT2D eigenvalue weighted by atomic mass is 16.5. The molecule has 9 nitrogen and oxygen atoms in total. The SMILES string of the molecule is Cc1cc(C)n(-c2ccc(CNC(=O)Nc3cnn(CC4CCCO4)c3)cn2)n1. The summed E-state index contributed by atoms with van der Waals surface area (Å²) in [6.45, 7) is 5.84. The van der Waals surface area contributed by atoms with Crippen molar-refractivity contribution in [2.24, 2.45) is 0 Å². The van der Waals surface area contributed by atoms with Crippen LogP contribution in [0.1, 0.15) is 29.8 Å². The van der Waals surface area contributed by atoms with E-state index in [2.05, 4.69) is 25.8 Å². The predicted octanol–water partition coefficient (Wildman–Crippen LogP) is 2.58. The van der Waals surface area contributed by atoms with Gasteiger partial charge in [-0.05, 0) is 44.4 Å². The fourth-order valence-electron chi connectivity index (χ4n) is 3.39. The molecule has 3 aromatic rings. The number of anilines is 1. The van der Waals surface area contributed by atoms with E-state index >= 15 is 0 Å². The van der Waals surface area contributed by atoms with E-state index in [9.17, 15) is 4.79 Å². The van der Waals surface area contributed by atoms with Gasteiger partial charge in [-0.1, -0.05) is 6.07 Å². The number of amides is 2. The molecule has 0 spiro atoms. The number of ether oxygens (including phenoxy) is 1. The highest BCUT2D eigenvalue weighted by Gasteiger charge is 2.16. The van der Waals surface area contributed by atoms with E-state index in [1.807, 2.05) is 38.2 Å². The monoisotopic (exact) mass is 395 g/mol. The summed E-state index contributed by atoms with van der Waals surface area (Å²) in [6, 6.07) is 5.54. The lowest BCUT2D eigenvalue weighted by Crippen LogP contribution is -2.28. The number of nitrogens with zero attached hydrogens (tertiary/aromatic N) is 5. The zero-order chi connectivity index (χ0) is 20.2. The Kier molecular flexibility index (Phi) is 5.57. The number of carbonyl (C=O) groups excluding carboxylic acids is 1. The van der Waals surface area contributed by atoms with Crippen molar-refractivity contribution in [3.05, 3.63) is 53.7 Å². The molecule has 0 aromatic carbocycles. The molecule has 1 atom stereocenters. The first-order valence-electron chi connectivity index (χ1n) is 9.74. The smallest absolute Gasteiger partial charge is 0.319 e. The number of hydrogen-bond acceptors (Lipinski definition) is 5. The van der Waals surface area contributed by atoms with Crippen molar-refractivity contribution in [1.82, 2.24) is 29.9 Å². The Morgan fingerprint density at radius 2 is 2.21 bits per heavy atom. The number of pyridine rings is 1. The van der Waals surface area contributed by atoms with Gasteiger partial charge in [0.15, 0.2) is 5.82 Å². The largest absolute Gasteiger partial charge is 0.376 e. The van der Waals surface area contributed by atoms with E-state index in [4.69, 9.17) is 4.74 Å². The molecule has 9 heteroatoms. The quantitative estimate of drug-likeness (QED) is 0.668. The number of nitrogens with one attached hydrogen (secondary N) is 2. The van der Waals surface area contributed by atoms with Crippen molar-refractivity contribution < 1.29 is 9.53 Å². The topological polar surface area (TPSA) is 98.9 Å². The summed E-state index contributed by atoms with van der Waals surface area (Å²) in [5.41, 5.74) is 3.53. The minimum atomic E-state index is -0.288. The Morgan fingerprint density at radius 3 is 2.90 bits per heavy atom. The lowest BCUT2D eigenvalue weighted by molar-refractivity contribution is 0.0940. The first-order valence-corrected chi connectivity index (χ1v) is 9.74. The summed E-state index contributed by atoms with van der Waals surface area (Å²) in [5, 5.41) is 14.3. The van der Waals surface area contributed by atoms with Crippen LogP contribution in [0.15, 0.2) is 36.8 Å². The Labute approximate surface area is 169 Å². The second kappa shape index (κ2) is 8.44. The van der Waals surface area contributed by atoms with Gasteiger partial charge in [0, 0.05) is 31.2 Å². The highest BCUT2D eigenvalue weighted by Crippen LogP contribution is 2.15. The predicted molar refractivity (Wildman–Crippen MR) is 108 cm³/mol. The molecule has 0 saturated carbocycles. The molecule has 4 heterocycles. The maximum atomic E-state index is 12.2. The van der Waals surface area contributed by atoms with Crippen LogP contribution >= 0.6 is 0 Å². The van der Waals surface area contributed by atoms with Gasteiger partial charge in [0.2, 0.25) is 0 Å². The van der Waals surface area contributed by atoms with Gasteiger partial charge in [-0.2, -0.15) is 10.2 Å². The molecule has 1 unspecified atom stereocenters. The van der Waals surface area contributed by atoms with Crippen molar-refractivity contribution in [3.8, 4) is 5.82 Å². The van der Waals surface area contributed by atoms with Crippen molar-refractivity contribution in [1.29, 1.82) is 0 Å². The maximum Gasteiger partial charge on any atom is 0.319 e. The second-order valence-electron chi connectivity index (χ2n) is 7.26.